The summed E-state index contributed by atoms with van der Waals surface area (Å²) < 4.78 is 0. The van der Waals surface area contributed by atoms with Crippen molar-refractivity contribution < 1.29 is 0 Å². The van der Waals surface area contributed by atoms with Crippen LogP contribution in [0.3, 0.4) is 0 Å². The largest absolute Gasteiger partial charge is 0.396 e. The number of pyridine rings is 1. The van der Waals surface area contributed by atoms with Crippen molar-refractivity contribution in [2.24, 2.45) is 0 Å². The van der Waals surface area contributed by atoms with Gasteiger partial charge in [0, 0.05) is 11.6 Å². The minimum atomic E-state index is 0.437. The lowest BCUT2D eigenvalue weighted by molar-refractivity contribution is 0.253. The average Bonchev–Trinajstić information content (AvgIpc) is 2.23. The SMILES string of the molecule is CN1CCC(c2ccc(N)c(Cl)n2)CC1. The third-order valence-corrected chi connectivity index (χ3v) is 3.34. The maximum Gasteiger partial charge on any atom is 0.152 e. The third kappa shape index (κ3) is 2.41. The first kappa shape index (κ1) is 10.7. The molecule has 0 bridgehead atoms. The minimum absolute atomic E-state index is 0.437. The van der Waals surface area contributed by atoms with Gasteiger partial charge >= 0.3 is 0 Å². The number of aromatic nitrogens is 1. The molecule has 1 saturated heterocycles. The number of halogens is 1. The number of nitrogens with two attached hydrogens (primary N) is 1. The number of anilines is 1. The number of nitrogen functional groups attached to an aromatic ring is 1. The number of nitrogens with zero attached hydrogens (tertiary/aromatic N) is 2. The number of hydrogen-bond donors (Lipinski definition) is 1. The Morgan fingerprint density at radius 2 is 2.07 bits per heavy atom. The Kier molecular flexibility index (Phi) is 3.12. The quantitative estimate of drug-likeness (QED) is 0.745. The fraction of sp³-hybridized carbons (Fsp3) is 0.545. The van der Waals surface area contributed by atoms with Crippen LogP contribution in [0.4, 0.5) is 5.69 Å². The molecule has 82 valence electrons. The van der Waals surface area contributed by atoms with Gasteiger partial charge < -0.3 is 10.6 Å². The van der Waals surface area contributed by atoms with E-state index in [2.05, 4.69) is 16.9 Å². The van der Waals surface area contributed by atoms with Crippen molar-refractivity contribution in [3.8, 4) is 0 Å². The van der Waals surface area contributed by atoms with E-state index in [9.17, 15) is 0 Å². The molecule has 0 aromatic carbocycles. The van der Waals surface area contributed by atoms with Gasteiger partial charge in [0.2, 0.25) is 0 Å². The summed E-state index contributed by atoms with van der Waals surface area (Å²) in [6.45, 7) is 2.27. The van der Waals surface area contributed by atoms with Crippen LogP contribution >= 0.6 is 11.6 Å². The van der Waals surface area contributed by atoms with E-state index in [0.717, 1.165) is 31.6 Å². The van der Waals surface area contributed by atoms with Crippen molar-refractivity contribution in [3.05, 3.63) is 23.0 Å². The number of rotatable bonds is 1. The van der Waals surface area contributed by atoms with E-state index in [1.807, 2.05) is 12.1 Å². The van der Waals surface area contributed by atoms with Crippen LogP contribution < -0.4 is 5.73 Å². The standard InChI is InChI=1S/C11H16ClN3/c1-15-6-4-8(5-7-15)10-3-2-9(13)11(12)14-10/h2-3,8H,4-7,13H2,1H3. The normalized spacial score (nSPS) is 19.3. The highest BCUT2D eigenvalue weighted by atomic mass is 35.5. The van der Waals surface area contributed by atoms with Crippen molar-refractivity contribution in [1.29, 1.82) is 0 Å². The predicted octanol–water partition coefficient (Wildman–Crippen LogP) is 2.13. The van der Waals surface area contributed by atoms with Crippen molar-refractivity contribution in [1.82, 2.24) is 9.88 Å². The smallest absolute Gasteiger partial charge is 0.152 e. The first-order chi connectivity index (χ1) is 7.16. The topological polar surface area (TPSA) is 42.1 Å². The molecule has 15 heavy (non-hydrogen) atoms. The Labute approximate surface area is 95.2 Å². The summed E-state index contributed by atoms with van der Waals surface area (Å²) in [7, 11) is 2.15. The highest BCUT2D eigenvalue weighted by Gasteiger charge is 2.19. The lowest BCUT2D eigenvalue weighted by Crippen LogP contribution is -2.29. The predicted molar refractivity (Wildman–Crippen MR) is 63.1 cm³/mol. The molecule has 0 aliphatic carbocycles. The van der Waals surface area contributed by atoms with Crippen LogP contribution in [0, 0.1) is 0 Å². The van der Waals surface area contributed by atoms with Gasteiger partial charge in [0.25, 0.3) is 0 Å². The monoisotopic (exact) mass is 225 g/mol. The van der Waals surface area contributed by atoms with Crippen LogP contribution in [0.2, 0.25) is 5.15 Å². The van der Waals surface area contributed by atoms with Gasteiger partial charge in [-0.2, -0.15) is 0 Å². The van der Waals surface area contributed by atoms with Gasteiger partial charge in [0.15, 0.2) is 5.15 Å². The summed E-state index contributed by atoms with van der Waals surface area (Å²) in [5, 5.41) is 0.437. The van der Waals surface area contributed by atoms with Crippen LogP contribution in [0.1, 0.15) is 24.5 Å². The zero-order valence-electron chi connectivity index (χ0n) is 8.91. The first-order valence-corrected chi connectivity index (χ1v) is 5.65. The molecule has 1 aliphatic rings. The molecule has 2 heterocycles. The van der Waals surface area contributed by atoms with E-state index < -0.39 is 0 Å². The Morgan fingerprint density at radius 1 is 1.40 bits per heavy atom. The molecule has 0 spiro atoms. The fourth-order valence-electron chi connectivity index (χ4n) is 1.99. The van der Waals surface area contributed by atoms with Crippen molar-refractivity contribution in [3.63, 3.8) is 0 Å². The molecular weight excluding hydrogens is 210 g/mol. The molecular formula is C11H16ClN3. The van der Waals surface area contributed by atoms with Gasteiger partial charge in [0.1, 0.15) is 0 Å². The lowest BCUT2D eigenvalue weighted by atomic mass is 9.93. The van der Waals surface area contributed by atoms with Crippen LogP contribution in [0.5, 0.6) is 0 Å². The van der Waals surface area contributed by atoms with Crippen molar-refractivity contribution in [2.75, 3.05) is 25.9 Å². The molecule has 0 atom stereocenters. The Hall–Kier alpha value is -0.800. The summed E-state index contributed by atoms with van der Waals surface area (Å²) in [5.41, 5.74) is 7.29. The average molecular weight is 226 g/mol. The molecule has 1 aliphatic heterocycles. The van der Waals surface area contributed by atoms with Crippen LogP contribution in [-0.4, -0.2) is 30.0 Å². The highest BCUT2D eigenvalue weighted by molar-refractivity contribution is 6.31. The van der Waals surface area contributed by atoms with Crippen molar-refractivity contribution in [2.45, 2.75) is 18.8 Å². The van der Waals surface area contributed by atoms with Crippen LogP contribution in [0.25, 0.3) is 0 Å². The summed E-state index contributed by atoms with van der Waals surface area (Å²) in [5.74, 6) is 0.541. The molecule has 3 nitrogen and oxygen atoms in total. The number of hydrogen-bond acceptors (Lipinski definition) is 3. The van der Waals surface area contributed by atoms with Gasteiger partial charge in [-0.25, -0.2) is 4.98 Å². The Morgan fingerprint density at radius 3 is 2.67 bits per heavy atom. The van der Waals surface area contributed by atoms with E-state index in [4.69, 9.17) is 17.3 Å². The molecule has 2 N–H and O–H groups in total. The van der Waals surface area contributed by atoms with Gasteiger partial charge in [-0.05, 0) is 45.1 Å². The molecule has 0 unspecified atom stereocenters. The third-order valence-electron chi connectivity index (χ3n) is 3.04. The summed E-state index contributed by atoms with van der Waals surface area (Å²) in [6.07, 6.45) is 2.31. The van der Waals surface area contributed by atoms with E-state index in [1.165, 1.54) is 0 Å². The second kappa shape index (κ2) is 4.37. The van der Waals surface area contributed by atoms with Gasteiger partial charge in [-0.3, -0.25) is 0 Å². The second-order valence-electron chi connectivity index (χ2n) is 4.19. The maximum atomic E-state index is 5.92. The Bertz CT molecular complexity index is 346. The number of piperidine rings is 1. The van der Waals surface area contributed by atoms with E-state index in [1.54, 1.807) is 0 Å². The minimum Gasteiger partial charge on any atom is -0.396 e. The van der Waals surface area contributed by atoms with E-state index in [0.29, 0.717) is 16.8 Å². The summed E-state index contributed by atoms with van der Waals surface area (Å²) in [4.78, 5) is 6.69. The molecule has 2 rings (SSSR count). The molecule has 0 radical (unpaired) electrons. The zero-order valence-corrected chi connectivity index (χ0v) is 9.67. The molecule has 1 aromatic rings. The van der Waals surface area contributed by atoms with E-state index in [-0.39, 0.29) is 0 Å². The van der Waals surface area contributed by atoms with Crippen LogP contribution in [-0.2, 0) is 0 Å². The van der Waals surface area contributed by atoms with Crippen molar-refractivity contribution >= 4 is 17.3 Å². The summed E-state index contributed by atoms with van der Waals surface area (Å²) >= 11 is 5.92. The molecule has 1 aromatic heterocycles. The fourth-order valence-corrected chi connectivity index (χ4v) is 2.15. The highest BCUT2D eigenvalue weighted by Crippen LogP contribution is 2.28. The van der Waals surface area contributed by atoms with Gasteiger partial charge in [-0.1, -0.05) is 11.6 Å². The first-order valence-electron chi connectivity index (χ1n) is 5.27. The maximum absolute atomic E-state index is 5.92. The molecule has 0 saturated carbocycles. The molecule has 4 heteroatoms. The second-order valence-corrected chi connectivity index (χ2v) is 4.55. The Balaban J connectivity index is 2.12. The molecule has 1 fully saturated rings. The van der Waals surface area contributed by atoms with Crippen LogP contribution in [0.15, 0.2) is 12.1 Å². The number of likely N-dealkylation sites (tertiary alicyclic amines) is 1. The van der Waals surface area contributed by atoms with Gasteiger partial charge in [0.05, 0.1) is 5.69 Å². The molecule has 0 amide bonds. The zero-order chi connectivity index (χ0) is 10.8. The summed E-state index contributed by atoms with van der Waals surface area (Å²) in [6, 6.07) is 3.85. The van der Waals surface area contributed by atoms with E-state index >= 15 is 0 Å². The lowest BCUT2D eigenvalue weighted by Gasteiger charge is -2.28. The van der Waals surface area contributed by atoms with Gasteiger partial charge in [-0.15, -0.1) is 0 Å².